The Morgan fingerprint density at radius 3 is 2.56 bits per heavy atom. The van der Waals surface area contributed by atoms with E-state index in [4.69, 9.17) is 32.7 Å². The van der Waals surface area contributed by atoms with E-state index in [1.54, 1.807) is 0 Å². The number of rotatable bonds is 7. The third-order valence-corrected chi connectivity index (χ3v) is 6.47. The second-order valence-corrected chi connectivity index (χ2v) is 13.5. The van der Waals surface area contributed by atoms with Gasteiger partial charge in [0, 0.05) is 26.8 Å². The normalized spacial score (nSPS) is 19.8. The van der Waals surface area contributed by atoms with Gasteiger partial charge in [0.2, 0.25) is 0 Å². The van der Waals surface area contributed by atoms with Gasteiger partial charge in [-0.1, -0.05) is 42.8 Å². The number of amides is 1. The van der Waals surface area contributed by atoms with E-state index in [1.807, 2.05) is 0 Å². The van der Waals surface area contributed by atoms with Crippen LogP contribution in [0.4, 0.5) is 8.78 Å². The average molecular weight is 412 g/mol. The maximum absolute atomic E-state index is 14.2. The SMILES string of the molecule is C[Si](C)(C)CCOCOc1ccc(Cl)c(Cl)c1C1CNC(=O)C1(F)F. The number of carbonyl (C=O) groups excluding carboxylic acids is 1. The second kappa shape index (κ2) is 7.78. The smallest absolute Gasteiger partial charge is 0.333 e. The van der Waals surface area contributed by atoms with Crippen molar-refractivity contribution in [2.75, 3.05) is 19.9 Å². The van der Waals surface area contributed by atoms with Gasteiger partial charge in [-0.25, -0.2) is 0 Å². The van der Waals surface area contributed by atoms with Gasteiger partial charge in [-0.3, -0.25) is 4.79 Å². The molecule has 2 rings (SSSR count). The molecule has 1 heterocycles. The van der Waals surface area contributed by atoms with Crippen molar-refractivity contribution in [1.29, 1.82) is 0 Å². The Bertz CT molecular complexity index is 653. The number of carbonyl (C=O) groups is 1. The van der Waals surface area contributed by atoms with Crippen molar-refractivity contribution in [3.8, 4) is 5.75 Å². The number of hydrogen-bond donors (Lipinski definition) is 1. The Kier molecular flexibility index (Phi) is 6.35. The lowest BCUT2D eigenvalue weighted by molar-refractivity contribution is -0.141. The molecule has 1 atom stereocenters. The number of benzene rings is 1. The lowest BCUT2D eigenvalue weighted by atomic mass is 9.94. The Balaban J connectivity index is 2.14. The molecule has 1 saturated heterocycles. The monoisotopic (exact) mass is 411 g/mol. The number of halogens is 4. The van der Waals surface area contributed by atoms with Gasteiger partial charge in [0.1, 0.15) is 5.75 Å². The third-order valence-electron chi connectivity index (χ3n) is 3.94. The molecule has 1 fully saturated rings. The topological polar surface area (TPSA) is 47.6 Å². The largest absolute Gasteiger partial charge is 0.467 e. The summed E-state index contributed by atoms with van der Waals surface area (Å²) in [5.74, 6) is -6.21. The van der Waals surface area contributed by atoms with Crippen LogP contribution in [0, 0.1) is 0 Å². The van der Waals surface area contributed by atoms with E-state index < -0.39 is 25.8 Å². The van der Waals surface area contributed by atoms with Crippen LogP contribution < -0.4 is 10.1 Å². The van der Waals surface area contributed by atoms with Gasteiger partial charge in [0.05, 0.1) is 16.0 Å². The van der Waals surface area contributed by atoms with Crippen LogP contribution in [0.25, 0.3) is 0 Å². The van der Waals surface area contributed by atoms with Gasteiger partial charge in [-0.15, -0.1) is 0 Å². The molecule has 0 bridgehead atoms. The zero-order chi connectivity index (χ0) is 18.8. The van der Waals surface area contributed by atoms with E-state index in [-0.39, 0.29) is 34.7 Å². The zero-order valence-electron chi connectivity index (χ0n) is 14.3. The summed E-state index contributed by atoms with van der Waals surface area (Å²) in [5.41, 5.74) is 0.0197. The Hall–Kier alpha value is -0.893. The van der Waals surface area contributed by atoms with Crippen LogP contribution in [0.2, 0.25) is 35.7 Å². The fourth-order valence-electron chi connectivity index (χ4n) is 2.42. The first-order valence-corrected chi connectivity index (χ1v) is 12.3. The Morgan fingerprint density at radius 2 is 2.00 bits per heavy atom. The highest BCUT2D eigenvalue weighted by molar-refractivity contribution is 6.76. The van der Waals surface area contributed by atoms with Crippen LogP contribution in [0.1, 0.15) is 11.5 Å². The minimum absolute atomic E-state index is 0.0197. The first kappa shape index (κ1) is 20.4. The van der Waals surface area contributed by atoms with Crippen molar-refractivity contribution in [2.45, 2.75) is 37.5 Å². The van der Waals surface area contributed by atoms with Crippen molar-refractivity contribution >= 4 is 37.2 Å². The summed E-state index contributed by atoms with van der Waals surface area (Å²) in [7, 11) is -1.23. The molecular weight excluding hydrogens is 391 g/mol. The third kappa shape index (κ3) is 4.84. The van der Waals surface area contributed by atoms with Crippen molar-refractivity contribution in [2.24, 2.45) is 0 Å². The summed E-state index contributed by atoms with van der Waals surface area (Å²) in [5, 5.41) is 2.24. The molecule has 1 unspecified atom stereocenters. The molecule has 0 aromatic heterocycles. The molecule has 1 aliphatic heterocycles. The minimum atomic E-state index is -3.58. The maximum Gasteiger partial charge on any atom is 0.333 e. The number of ether oxygens (including phenoxy) is 2. The minimum Gasteiger partial charge on any atom is -0.467 e. The number of nitrogens with one attached hydrogen (secondary N) is 1. The van der Waals surface area contributed by atoms with E-state index in [2.05, 4.69) is 25.0 Å². The molecule has 140 valence electrons. The highest BCUT2D eigenvalue weighted by Crippen LogP contribution is 2.46. The van der Waals surface area contributed by atoms with Crippen molar-refractivity contribution in [3.63, 3.8) is 0 Å². The molecule has 0 saturated carbocycles. The highest BCUT2D eigenvalue weighted by atomic mass is 35.5. The predicted molar refractivity (Wildman–Crippen MR) is 96.8 cm³/mol. The molecule has 1 amide bonds. The first-order chi connectivity index (χ1) is 11.5. The van der Waals surface area contributed by atoms with E-state index >= 15 is 0 Å². The lowest BCUT2D eigenvalue weighted by Crippen LogP contribution is -2.32. The zero-order valence-corrected chi connectivity index (χ0v) is 16.8. The average Bonchev–Trinajstić information content (AvgIpc) is 2.76. The molecule has 1 aromatic rings. The fourth-order valence-corrected chi connectivity index (χ4v) is 3.63. The molecule has 1 N–H and O–H groups in total. The number of hydrogen-bond acceptors (Lipinski definition) is 3. The molecule has 4 nitrogen and oxygen atoms in total. The molecule has 0 aliphatic carbocycles. The van der Waals surface area contributed by atoms with Crippen molar-refractivity contribution in [3.05, 3.63) is 27.7 Å². The Morgan fingerprint density at radius 1 is 1.32 bits per heavy atom. The van der Waals surface area contributed by atoms with Gasteiger partial charge >= 0.3 is 5.92 Å². The van der Waals surface area contributed by atoms with Gasteiger partial charge in [-0.2, -0.15) is 8.78 Å². The van der Waals surface area contributed by atoms with Crippen molar-refractivity contribution < 1.29 is 23.0 Å². The van der Waals surface area contributed by atoms with Crippen molar-refractivity contribution in [1.82, 2.24) is 5.32 Å². The van der Waals surface area contributed by atoms with E-state index in [9.17, 15) is 13.6 Å². The van der Waals surface area contributed by atoms with Gasteiger partial charge in [0.15, 0.2) is 6.79 Å². The molecule has 9 heteroatoms. The predicted octanol–water partition coefficient (Wildman–Crippen LogP) is 4.53. The standard InChI is InChI=1S/C16H21Cl2F2NO3Si/c1-25(2,3)7-6-23-9-24-12-5-4-11(17)14(18)13(12)10-8-21-15(22)16(10,19)20/h4-5,10H,6-9H2,1-3H3,(H,21,22). The summed E-state index contributed by atoms with van der Waals surface area (Å²) in [6.45, 7) is 6.88. The van der Waals surface area contributed by atoms with Crippen LogP contribution in [-0.2, 0) is 9.53 Å². The van der Waals surface area contributed by atoms with Crippen LogP contribution >= 0.6 is 23.2 Å². The van der Waals surface area contributed by atoms with Gasteiger partial charge in [-0.05, 0) is 18.2 Å². The Labute approximate surface area is 156 Å². The number of alkyl halides is 2. The molecule has 1 aliphatic rings. The maximum atomic E-state index is 14.2. The van der Waals surface area contributed by atoms with E-state index in [0.717, 1.165) is 6.04 Å². The lowest BCUT2D eigenvalue weighted by Gasteiger charge is -2.22. The fraction of sp³-hybridized carbons (Fsp3) is 0.562. The first-order valence-electron chi connectivity index (χ1n) is 7.88. The summed E-state index contributed by atoms with van der Waals surface area (Å²) in [4.78, 5) is 11.4. The van der Waals surface area contributed by atoms with Crippen LogP contribution in [0.5, 0.6) is 5.75 Å². The summed E-state index contributed by atoms with van der Waals surface area (Å²) in [6, 6.07) is 3.89. The van der Waals surface area contributed by atoms with E-state index in [1.165, 1.54) is 12.1 Å². The quantitative estimate of drug-likeness (QED) is 0.407. The van der Waals surface area contributed by atoms with Crippen LogP contribution in [0.15, 0.2) is 12.1 Å². The molecule has 0 spiro atoms. The van der Waals surface area contributed by atoms with Gasteiger partial charge in [0.25, 0.3) is 5.91 Å². The molecule has 25 heavy (non-hydrogen) atoms. The summed E-state index contributed by atoms with van der Waals surface area (Å²) < 4.78 is 39.3. The molecule has 0 radical (unpaired) electrons. The molecule has 1 aromatic carbocycles. The second-order valence-electron chi connectivity index (χ2n) is 7.14. The van der Waals surface area contributed by atoms with Crippen LogP contribution in [-0.4, -0.2) is 39.8 Å². The molecular formula is C16H21Cl2F2NO3Si. The van der Waals surface area contributed by atoms with Gasteiger partial charge < -0.3 is 14.8 Å². The highest BCUT2D eigenvalue weighted by Gasteiger charge is 2.54. The summed E-state index contributed by atoms with van der Waals surface area (Å²) >= 11 is 12.1. The summed E-state index contributed by atoms with van der Waals surface area (Å²) in [6.07, 6.45) is 0. The van der Waals surface area contributed by atoms with E-state index in [0.29, 0.717) is 6.61 Å². The van der Waals surface area contributed by atoms with Crippen LogP contribution in [0.3, 0.4) is 0 Å².